The fraction of sp³-hybridized carbons (Fsp3) is 0.450. The molecule has 0 radical (unpaired) electrons. The Morgan fingerprint density at radius 1 is 1.00 bits per heavy atom. The Bertz CT molecular complexity index is 902. The number of aromatic amines is 1. The lowest BCUT2D eigenvalue weighted by Gasteiger charge is -2.09. The van der Waals surface area contributed by atoms with E-state index < -0.39 is 5.91 Å². The van der Waals surface area contributed by atoms with Crippen LogP contribution in [0.2, 0.25) is 0 Å². The van der Waals surface area contributed by atoms with Crippen LogP contribution in [0.25, 0.3) is 0 Å². The number of carbonyl (C=O) groups excluding carboxylic acids is 3. The summed E-state index contributed by atoms with van der Waals surface area (Å²) < 4.78 is 0. The van der Waals surface area contributed by atoms with Gasteiger partial charge in [0, 0.05) is 22.6 Å². The van der Waals surface area contributed by atoms with Crippen molar-refractivity contribution in [3.63, 3.8) is 0 Å². The van der Waals surface area contributed by atoms with Gasteiger partial charge in [-0.1, -0.05) is 6.42 Å². The van der Waals surface area contributed by atoms with Crippen molar-refractivity contribution in [2.45, 2.75) is 58.3 Å². The van der Waals surface area contributed by atoms with Gasteiger partial charge in [0.2, 0.25) is 0 Å². The minimum atomic E-state index is -0.429. The summed E-state index contributed by atoms with van der Waals surface area (Å²) >= 11 is 1.51. The number of hydrogen-bond acceptors (Lipinski definition) is 4. The molecule has 0 saturated carbocycles. The van der Waals surface area contributed by atoms with Gasteiger partial charge in [-0.15, -0.1) is 11.3 Å². The fourth-order valence-corrected chi connectivity index (χ4v) is 5.17. The van der Waals surface area contributed by atoms with E-state index in [1.165, 1.54) is 34.6 Å². The van der Waals surface area contributed by atoms with Crippen molar-refractivity contribution in [3.05, 3.63) is 43.9 Å². The molecule has 0 atom stereocenters. The first-order valence-electron chi connectivity index (χ1n) is 9.51. The molecule has 0 bridgehead atoms. The minimum Gasteiger partial charge on any atom is -0.354 e. The molecule has 6 nitrogen and oxygen atoms in total. The average molecular weight is 385 g/mol. The summed E-state index contributed by atoms with van der Waals surface area (Å²) in [5.41, 5.74) is 8.71. The lowest BCUT2D eigenvalue weighted by molar-refractivity contribution is 0.0846. The van der Waals surface area contributed by atoms with Gasteiger partial charge in [0.1, 0.15) is 5.69 Å². The highest BCUT2D eigenvalue weighted by Gasteiger charge is 2.26. The van der Waals surface area contributed by atoms with Gasteiger partial charge in [-0.3, -0.25) is 25.2 Å². The molecular formula is C20H23N3O3S. The van der Waals surface area contributed by atoms with E-state index in [2.05, 4.69) is 15.8 Å². The molecule has 0 spiro atoms. The molecule has 4 rings (SSSR count). The van der Waals surface area contributed by atoms with E-state index in [1.54, 1.807) is 6.92 Å². The van der Waals surface area contributed by atoms with E-state index in [4.69, 9.17) is 0 Å². The Balaban J connectivity index is 1.44. The normalized spacial score (nSPS) is 16.3. The molecule has 2 aromatic rings. The minimum absolute atomic E-state index is 0.0770. The summed E-state index contributed by atoms with van der Waals surface area (Å²) in [5, 5.41) is 0. The molecule has 2 aromatic heterocycles. The Kier molecular flexibility index (Phi) is 4.86. The molecule has 0 unspecified atom stereocenters. The summed E-state index contributed by atoms with van der Waals surface area (Å²) in [4.78, 5) is 42.0. The van der Waals surface area contributed by atoms with Gasteiger partial charge in [0.25, 0.3) is 11.8 Å². The fourth-order valence-electron chi connectivity index (χ4n) is 4.02. The van der Waals surface area contributed by atoms with E-state index in [-0.39, 0.29) is 11.7 Å². The van der Waals surface area contributed by atoms with Crippen LogP contribution >= 0.6 is 11.3 Å². The van der Waals surface area contributed by atoms with Crippen LogP contribution in [0.15, 0.2) is 6.07 Å². The molecule has 0 aromatic carbocycles. The number of amides is 2. The predicted molar refractivity (Wildman–Crippen MR) is 103 cm³/mol. The highest BCUT2D eigenvalue weighted by molar-refractivity contribution is 7.14. The molecule has 3 N–H and O–H groups in total. The number of hydrazine groups is 1. The molecule has 0 fully saturated rings. The van der Waals surface area contributed by atoms with E-state index >= 15 is 0 Å². The van der Waals surface area contributed by atoms with E-state index in [0.717, 1.165) is 37.8 Å². The Morgan fingerprint density at radius 2 is 1.78 bits per heavy atom. The van der Waals surface area contributed by atoms with Crippen molar-refractivity contribution in [1.29, 1.82) is 0 Å². The molecule has 27 heavy (non-hydrogen) atoms. The first-order chi connectivity index (χ1) is 13.0. The van der Waals surface area contributed by atoms with Crippen molar-refractivity contribution in [3.8, 4) is 0 Å². The van der Waals surface area contributed by atoms with Gasteiger partial charge in [0.05, 0.1) is 4.88 Å². The summed E-state index contributed by atoms with van der Waals surface area (Å²) in [5.74, 6) is -0.652. The lowest BCUT2D eigenvalue weighted by Crippen LogP contribution is -2.41. The van der Waals surface area contributed by atoms with Gasteiger partial charge < -0.3 is 4.98 Å². The lowest BCUT2D eigenvalue weighted by atomic mass is 9.94. The number of fused-ring (bicyclic) bond motifs is 2. The summed E-state index contributed by atoms with van der Waals surface area (Å²) in [6.45, 7) is 1.77. The number of aromatic nitrogens is 1. The standard InChI is InChI=1S/C20H23N3O3S/c1-11-17-13(7-5-8-14(17)24)21-18(11)20(26)23-22-19(25)16-10-12-6-3-2-4-9-15(12)27-16/h10,21H,2-9H2,1H3,(H,22,25)(H,23,26). The summed E-state index contributed by atoms with van der Waals surface area (Å²) in [6, 6.07) is 1.95. The largest absolute Gasteiger partial charge is 0.354 e. The van der Waals surface area contributed by atoms with Crippen LogP contribution in [0.1, 0.15) is 84.3 Å². The second-order valence-electron chi connectivity index (χ2n) is 7.28. The SMILES string of the molecule is Cc1c(C(=O)NNC(=O)c2cc3c(s2)CCCCC3)[nH]c2c1C(=O)CCC2. The maximum absolute atomic E-state index is 12.5. The highest BCUT2D eigenvalue weighted by Crippen LogP contribution is 2.29. The Hall–Kier alpha value is -2.41. The van der Waals surface area contributed by atoms with Crippen LogP contribution in [0, 0.1) is 6.92 Å². The average Bonchev–Trinajstić information content (AvgIpc) is 3.14. The maximum Gasteiger partial charge on any atom is 0.286 e. The molecule has 2 aliphatic rings. The second-order valence-corrected chi connectivity index (χ2v) is 8.42. The van der Waals surface area contributed by atoms with Crippen molar-refractivity contribution in [2.24, 2.45) is 0 Å². The van der Waals surface area contributed by atoms with Crippen molar-refractivity contribution in [2.75, 3.05) is 0 Å². The van der Waals surface area contributed by atoms with Crippen LogP contribution in [-0.4, -0.2) is 22.6 Å². The molecule has 2 aliphatic carbocycles. The van der Waals surface area contributed by atoms with Gasteiger partial charge in [-0.2, -0.15) is 0 Å². The summed E-state index contributed by atoms with van der Waals surface area (Å²) in [7, 11) is 0. The van der Waals surface area contributed by atoms with Crippen LogP contribution in [0.4, 0.5) is 0 Å². The first-order valence-corrected chi connectivity index (χ1v) is 10.3. The van der Waals surface area contributed by atoms with Crippen molar-refractivity contribution < 1.29 is 14.4 Å². The summed E-state index contributed by atoms with van der Waals surface area (Å²) in [6.07, 6.45) is 7.70. The number of rotatable bonds is 2. The van der Waals surface area contributed by atoms with Crippen LogP contribution in [-0.2, 0) is 19.3 Å². The van der Waals surface area contributed by atoms with Gasteiger partial charge in [-0.25, -0.2) is 0 Å². The number of carbonyl (C=O) groups is 3. The quantitative estimate of drug-likeness (QED) is 0.547. The molecule has 7 heteroatoms. The number of nitrogens with one attached hydrogen (secondary N) is 3. The highest BCUT2D eigenvalue weighted by atomic mass is 32.1. The topological polar surface area (TPSA) is 91.1 Å². The zero-order chi connectivity index (χ0) is 19.0. The number of Topliss-reactive ketones (excluding diaryl/α,β-unsaturated/α-hetero) is 1. The third-order valence-corrected chi connectivity index (χ3v) is 6.66. The van der Waals surface area contributed by atoms with Crippen molar-refractivity contribution >= 4 is 28.9 Å². The number of thiophene rings is 1. The monoisotopic (exact) mass is 385 g/mol. The molecule has 2 amide bonds. The van der Waals surface area contributed by atoms with Gasteiger partial charge in [-0.05, 0) is 62.6 Å². The van der Waals surface area contributed by atoms with E-state index in [1.807, 2.05) is 6.07 Å². The van der Waals surface area contributed by atoms with Crippen LogP contribution in [0.5, 0.6) is 0 Å². The van der Waals surface area contributed by atoms with Crippen LogP contribution < -0.4 is 10.9 Å². The number of aryl methyl sites for hydroxylation is 3. The predicted octanol–water partition coefficient (Wildman–Crippen LogP) is 3.25. The van der Waals surface area contributed by atoms with Crippen LogP contribution in [0.3, 0.4) is 0 Å². The first kappa shape index (κ1) is 18.0. The molecule has 142 valence electrons. The Morgan fingerprint density at radius 3 is 2.59 bits per heavy atom. The van der Waals surface area contributed by atoms with Gasteiger partial charge >= 0.3 is 0 Å². The number of ketones is 1. The maximum atomic E-state index is 12.5. The Labute approximate surface area is 161 Å². The number of H-pyrrole nitrogens is 1. The zero-order valence-electron chi connectivity index (χ0n) is 15.4. The molecule has 2 heterocycles. The third-order valence-electron chi connectivity index (χ3n) is 5.42. The van der Waals surface area contributed by atoms with Gasteiger partial charge in [0.15, 0.2) is 5.78 Å². The van der Waals surface area contributed by atoms with Crippen molar-refractivity contribution in [1.82, 2.24) is 15.8 Å². The number of hydrogen-bond donors (Lipinski definition) is 3. The smallest absolute Gasteiger partial charge is 0.286 e. The molecular weight excluding hydrogens is 362 g/mol. The van der Waals surface area contributed by atoms with E-state index in [9.17, 15) is 14.4 Å². The third kappa shape index (κ3) is 3.43. The van der Waals surface area contributed by atoms with E-state index in [0.29, 0.717) is 28.1 Å². The zero-order valence-corrected chi connectivity index (χ0v) is 16.2. The molecule has 0 saturated heterocycles. The molecule has 0 aliphatic heterocycles. The second kappa shape index (κ2) is 7.31.